The van der Waals surface area contributed by atoms with Crippen LogP contribution in [0, 0.1) is 0 Å². The number of allylic oxidation sites excluding steroid dienone is 1. The van der Waals surface area contributed by atoms with E-state index in [0.717, 1.165) is 5.70 Å². The molecule has 100 valence electrons. The van der Waals surface area contributed by atoms with Gasteiger partial charge in [-0.2, -0.15) is 0 Å². The van der Waals surface area contributed by atoms with Crippen molar-refractivity contribution < 1.29 is 9.53 Å². The molecule has 1 aliphatic heterocycles. The number of hydrogen-bond donors (Lipinski definition) is 1. The number of ether oxygens (including phenoxy) is 1. The third-order valence-corrected chi connectivity index (χ3v) is 3.20. The van der Waals surface area contributed by atoms with Gasteiger partial charge in [0.05, 0.1) is 11.3 Å². The first kappa shape index (κ1) is 12.5. The zero-order chi connectivity index (χ0) is 13.8. The molecule has 3 rings (SSSR count). The van der Waals surface area contributed by atoms with E-state index in [1.807, 2.05) is 48.5 Å². The fraction of sp³-hybridized carbons (Fsp3) is 0.118. The maximum Gasteiger partial charge on any atom is 0.191 e. The molecule has 0 aromatic heterocycles. The molecular weight excluding hydrogens is 250 g/mol. The number of rotatable bonds is 3. The summed E-state index contributed by atoms with van der Waals surface area (Å²) in [6.45, 7) is 1.06. The molecule has 1 N–H and O–H groups in total. The van der Waals surface area contributed by atoms with Gasteiger partial charge in [0.25, 0.3) is 0 Å². The minimum absolute atomic E-state index is 0.0198. The van der Waals surface area contributed by atoms with Gasteiger partial charge in [-0.1, -0.05) is 42.5 Å². The van der Waals surface area contributed by atoms with Crippen LogP contribution in [0.1, 0.15) is 15.9 Å². The lowest BCUT2D eigenvalue weighted by molar-refractivity contribution is 0.104. The van der Waals surface area contributed by atoms with Gasteiger partial charge in [0, 0.05) is 12.6 Å². The molecule has 0 saturated carbocycles. The number of nitrogens with one attached hydrogen (secondary N) is 1. The number of carbonyl (C=O) groups excluding carboxylic acids is 1. The van der Waals surface area contributed by atoms with Gasteiger partial charge in [-0.15, -0.1) is 0 Å². The highest BCUT2D eigenvalue weighted by atomic mass is 16.5. The molecule has 0 radical (unpaired) electrons. The zero-order valence-electron chi connectivity index (χ0n) is 11.0. The number of fused-ring (bicyclic) bond motifs is 1. The Bertz CT molecular complexity index is 647. The maximum atomic E-state index is 12.1. The van der Waals surface area contributed by atoms with E-state index < -0.39 is 0 Å². The molecule has 0 unspecified atom stereocenters. The van der Waals surface area contributed by atoms with Gasteiger partial charge in [0.2, 0.25) is 0 Å². The second-order valence-corrected chi connectivity index (χ2v) is 4.66. The first-order valence-corrected chi connectivity index (χ1v) is 6.57. The van der Waals surface area contributed by atoms with Crippen LogP contribution in [0.15, 0.2) is 66.4 Å². The molecule has 0 spiro atoms. The molecule has 2 aromatic carbocycles. The van der Waals surface area contributed by atoms with Gasteiger partial charge in [0.15, 0.2) is 5.78 Å². The smallest absolute Gasteiger partial charge is 0.191 e. The quantitative estimate of drug-likeness (QED) is 0.927. The van der Waals surface area contributed by atoms with Crippen molar-refractivity contribution in [2.24, 2.45) is 0 Å². The van der Waals surface area contributed by atoms with E-state index in [1.165, 1.54) is 5.56 Å². The van der Waals surface area contributed by atoms with Crippen LogP contribution in [-0.4, -0.2) is 12.4 Å². The Hall–Kier alpha value is -2.55. The second-order valence-electron chi connectivity index (χ2n) is 4.66. The van der Waals surface area contributed by atoms with Crippen molar-refractivity contribution in [3.05, 3.63) is 77.5 Å². The highest BCUT2D eigenvalue weighted by Gasteiger charge is 2.15. The highest BCUT2D eigenvalue weighted by Crippen LogP contribution is 2.22. The van der Waals surface area contributed by atoms with E-state index in [4.69, 9.17) is 4.74 Å². The van der Waals surface area contributed by atoms with Gasteiger partial charge in [-0.05, 0) is 17.7 Å². The van der Waals surface area contributed by atoms with E-state index in [9.17, 15) is 4.79 Å². The van der Waals surface area contributed by atoms with Crippen molar-refractivity contribution in [1.29, 1.82) is 0 Å². The molecule has 0 fully saturated rings. The van der Waals surface area contributed by atoms with E-state index in [0.29, 0.717) is 24.5 Å². The van der Waals surface area contributed by atoms with Gasteiger partial charge in [-0.3, -0.25) is 4.79 Å². The van der Waals surface area contributed by atoms with Crippen molar-refractivity contribution in [3.8, 4) is 5.75 Å². The van der Waals surface area contributed by atoms with E-state index >= 15 is 0 Å². The monoisotopic (exact) mass is 265 g/mol. The van der Waals surface area contributed by atoms with Crippen LogP contribution in [0.4, 0.5) is 0 Å². The van der Waals surface area contributed by atoms with E-state index in [2.05, 4.69) is 5.32 Å². The molecule has 3 heteroatoms. The molecule has 3 nitrogen and oxygen atoms in total. The van der Waals surface area contributed by atoms with Crippen molar-refractivity contribution in [3.63, 3.8) is 0 Å². The molecule has 0 aliphatic carbocycles. The van der Waals surface area contributed by atoms with Crippen LogP contribution in [0.5, 0.6) is 5.75 Å². The molecule has 0 atom stereocenters. The third kappa shape index (κ3) is 2.72. The van der Waals surface area contributed by atoms with E-state index in [1.54, 1.807) is 12.1 Å². The molecular formula is C17H15NO2. The van der Waals surface area contributed by atoms with Crippen LogP contribution in [0.3, 0.4) is 0 Å². The topological polar surface area (TPSA) is 38.3 Å². The molecule has 0 amide bonds. The Labute approximate surface area is 117 Å². The van der Waals surface area contributed by atoms with Crippen molar-refractivity contribution >= 4 is 5.78 Å². The minimum Gasteiger partial charge on any atom is -0.487 e. The second kappa shape index (κ2) is 5.61. The largest absolute Gasteiger partial charge is 0.487 e. The first-order chi connectivity index (χ1) is 9.83. The van der Waals surface area contributed by atoms with Crippen molar-refractivity contribution in [2.75, 3.05) is 6.61 Å². The Balaban J connectivity index is 1.72. The number of ketones is 1. The zero-order valence-corrected chi connectivity index (χ0v) is 11.0. The van der Waals surface area contributed by atoms with Crippen LogP contribution < -0.4 is 10.1 Å². The Morgan fingerprint density at radius 2 is 1.75 bits per heavy atom. The van der Waals surface area contributed by atoms with Crippen LogP contribution in [0.25, 0.3) is 0 Å². The fourth-order valence-electron chi connectivity index (χ4n) is 2.14. The Morgan fingerprint density at radius 1 is 1.00 bits per heavy atom. The fourth-order valence-corrected chi connectivity index (χ4v) is 2.14. The summed E-state index contributed by atoms with van der Waals surface area (Å²) < 4.78 is 5.67. The summed E-state index contributed by atoms with van der Waals surface area (Å²) in [6, 6.07) is 17.4. The van der Waals surface area contributed by atoms with Crippen LogP contribution in [0.2, 0.25) is 0 Å². The van der Waals surface area contributed by atoms with Crippen LogP contribution in [-0.2, 0) is 6.54 Å². The third-order valence-electron chi connectivity index (χ3n) is 3.20. The van der Waals surface area contributed by atoms with Gasteiger partial charge in [0.1, 0.15) is 12.4 Å². The normalized spacial score (nSPS) is 13.8. The van der Waals surface area contributed by atoms with Crippen LogP contribution >= 0.6 is 0 Å². The molecule has 1 aliphatic rings. The standard InChI is InChI=1S/C17H15NO2/c19-16-10-14(18-11-13-6-2-1-3-7-13)12-20-17-9-5-4-8-15(16)17/h1-10,18H,11-12H2. The summed E-state index contributed by atoms with van der Waals surface area (Å²) in [6.07, 6.45) is 1.62. The van der Waals surface area contributed by atoms with Gasteiger partial charge in [-0.25, -0.2) is 0 Å². The average molecular weight is 265 g/mol. The lowest BCUT2D eigenvalue weighted by atomic mass is 10.1. The molecule has 0 saturated heterocycles. The summed E-state index contributed by atoms with van der Waals surface area (Å²) >= 11 is 0. The molecule has 0 bridgehead atoms. The Kier molecular flexibility index (Phi) is 3.50. The lowest BCUT2D eigenvalue weighted by Gasteiger charge is -2.10. The average Bonchev–Trinajstić information content (AvgIpc) is 2.66. The number of hydrogen-bond acceptors (Lipinski definition) is 3. The molecule has 20 heavy (non-hydrogen) atoms. The minimum atomic E-state index is -0.0198. The number of para-hydroxylation sites is 1. The summed E-state index contributed by atoms with van der Waals surface area (Å²) in [5, 5.41) is 3.26. The first-order valence-electron chi connectivity index (χ1n) is 6.57. The predicted molar refractivity (Wildman–Crippen MR) is 77.6 cm³/mol. The summed E-state index contributed by atoms with van der Waals surface area (Å²) in [4.78, 5) is 12.1. The van der Waals surface area contributed by atoms with Crippen molar-refractivity contribution in [2.45, 2.75) is 6.54 Å². The SMILES string of the molecule is O=C1C=C(NCc2ccccc2)COc2ccccc21. The molecule has 2 aromatic rings. The Morgan fingerprint density at radius 3 is 2.60 bits per heavy atom. The number of benzene rings is 2. The van der Waals surface area contributed by atoms with E-state index in [-0.39, 0.29) is 5.78 Å². The van der Waals surface area contributed by atoms with Gasteiger partial charge >= 0.3 is 0 Å². The summed E-state index contributed by atoms with van der Waals surface area (Å²) in [5.74, 6) is 0.624. The van der Waals surface area contributed by atoms with Crippen molar-refractivity contribution in [1.82, 2.24) is 5.32 Å². The molecule has 1 heterocycles. The summed E-state index contributed by atoms with van der Waals surface area (Å²) in [7, 11) is 0. The summed E-state index contributed by atoms with van der Waals surface area (Å²) in [5.41, 5.74) is 2.58. The highest BCUT2D eigenvalue weighted by molar-refractivity contribution is 6.07. The lowest BCUT2D eigenvalue weighted by Crippen LogP contribution is -2.18. The maximum absolute atomic E-state index is 12.1. The number of carbonyl (C=O) groups is 1. The predicted octanol–water partition coefficient (Wildman–Crippen LogP) is 2.94. The van der Waals surface area contributed by atoms with Gasteiger partial charge < -0.3 is 10.1 Å².